The number of nitrogens with two attached hydrogens (primary N) is 1. The van der Waals surface area contributed by atoms with Crippen molar-refractivity contribution in [2.75, 3.05) is 14.2 Å². The highest BCUT2D eigenvalue weighted by Crippen LogP contribution is 2.24. The van der Waals surface area contributed by atoms with E-state index in [2.05, 4.69) is 0 Å². The molecule has 3 nitrogen and oxygen atoms in total. The number of methoxy groups -OCH3 is 2. The Balaban J connectivity index is 3.01. The lowest BCUT2D eigenvalue weighted by Gasteiger charge is -2.13. The molecule has 0 saturated heterocycles. The van der Waals surface area contributed by atoms with Gasteiger partial charge in [0.1, 0.15) is 5.75 Å². The summed E-state index contributed by atoms with van der Waals surface area (Å²) in [5, 5.41) is 0. The highest BCUT2D eigenvalue weighted by Gasteiger charge is 2.08. The second-order valence-electron chi connectivity index (χ2n) is 3.30. The van der Waals surface area contributed by atoms with E-state index in [4.69, 9.17) is 15.2 Å². The second-order valence-corrected chi connectivity index (χ2v) is 3.30. The van der Waals surface area contributed by atoms with E-state index in [1.165, 1.54) is 0 Å². The van der Waals surface area contributed by atoms with E-state index in [-0.39, 0.29) is 6.04 Å². The predicted octanol–water partition coefficient (Wildman–Crippen LogP) is 1.86. The lowest BCUT2D eigenvalue weighted by Crippen LogP contribution is -2.07. The van der Waals surface area contributed by atoms with E-state index in [9.17, 15) is 0 Å². The van der Waals surface area contributed by atoms with Crippen molar-refractivity contribution >= 4 is 0 Å². The van der Waals surface area contributed by atoms with Crippen LogP contribution in [0.5, 0.6) is 5.75 Å². The van der Waals surface area contributed by atoms with Gasteiger partial charge < -0.3 is 15.2 Å². The maximum absolute atomic E-state index is 5.83. The molecule has 0 amide bonds. The first-order valence-corrected chi connectivity index (χ1v) is 4.60. The highest BCUT2D eigenvalue weighted by atomic mass is 16.5. The fourth-order valence-corrected chi connectivity index (χ4v) is 1.40. The lowest BCUT2D eigenvalue weighted by molar-refractivity contribution is 0.184. The number of hydrogen-bond donors (Lipinski definition) is 1. The monoisotopic (exact) mass is 195 g/mol. The van der Waals surface area contributed by atoms with Gasteiger partial charge in [-0.05, 0) is 24.6 Å². The highest BCUT2D eigenvalue weighted by molar-refractivity contribution is 5.38. The maximum Gasteiger partial charge on any atom is 0.123 e. The fraction of sp³-hybridized carbons (Fsp3) is 0.455. The average Bonchev–Trinajstić information content (AvgIpc) is 2.18. The van der Waals surface area contributed by atoms with Gasteiger partial charge in [-0.1, -0.05) is 6.07 Å². The van der Waals surface area contributed by atoms with Crippen LogP contribution >= 0.6 is 0 Å². The van der Waals surface area contributed by atoms with E-state index in [0.29, 0.717) is 6.61 Å². The van der Waals surface area contributed by atoms with Gasteiger partial charge in [-0.2, -0.15) is 0 Å². The number of ether oxygens (including phenoxy) is 2. The summed E-state index contributed by atoms with van der Waals surface area (Å²) >= 11 is 0. The summed E-state index contributed by atoms with van der Waals surface area (Å²) in [7, 11) is 3.33. The molecule has 14 heavy (non-hydrogen) atoms. The Morgan fingerprint density at radius 1 is 1.36 bits per heavy atom. The first kappa shape index (κ1) is 11.0. The Kier molecular flexibility index (Phi) is 3.92. The van der Waals surface area contributed by atoms with Crippen molar-refractivity contribution in [2.45, 2.75) is 19.6 Å². The molecular formula is C11H17NO2. The minimum Gasteiger partial charge on any atom is -0.496 e. The first-order valence-electron chi connectivity index (χ1n) is 4.60. The fourth-order valence-electron chi connectivity index (χ4n) is 1.40. The Morgan fingerprint density at radius 2 is 2.07 bits per heavy atom. The summed E-state index contributed by atoms with van der Waals surface area (Å²) in [5.74, 6) is 0.833. The topological polar surface area (TPSA) is 44.5 Å². The third-order valence-corrected chi connectivity index (χ3v) is 2.10. The SMILES string of the molecule is COCc1ccc(OC)c(C(C)N)c1. The summed E-state index contributed by atoms with van der Waals surface area (Å²) in [6, 6.07) is 5.90. The van der Waals surface area contributed by atoms with Crippen molar-refractivity contribution in [1.29, 1.82) is 0 Å². The van der Waals surface area contributed by atoms with E-state index in [1.807, 2.05) is 25.1 Å². The molecule has 78 valence electrons. The van der Waals surface area contributed by atoms with Crippen LogP contribution in [-0.4, -0.2) is 14.2 Å². The van der Waals surface area contributed by atoms with Crippen LogP contribution in [0, 0.1) is 0 Å². The zero-order valence-corrected chi connectivity index (χ0v) is 8.91. The lowest BCUT2D eigenvalue weighted by atomic mass is 10.0. The zero-order valence-electron chi connectivity index (χ0n) is 8.91. The molecule has 1 unspecified atom stereocenters. The molecular weight excluding hydrogens is 178 g/mol. The second kappa shape index (κ2) is 4.98. The van der Waals surface area contributed by atoms with Gasteiger partial charge in [0, 0.05) is 18.7 Å². The molecule has 0 aliphatic carbocycles. The van der Waals surface area contributed by atoms with Gasteiger partial charge >= 0.3 is 0 Å². The molecule has 0 spiro atoms. The molecule has 0 aliphatic rings. The normalized spacial score (nSPS) is 12.6. The van der Waals surface area contributed by atoms with Crippen LogP contribution in [0.15, 0.2) is 18.2 Å². The van der Waals surface area contributed by atoms with E-state index < -0.39 is 0 Å². The number of rotatable bonds is 4. The van der Waals surface area contributed by atoms with Crippen LogP contribution in [-0.2, 0) is 11.3 Å². The summed E-state index contributed by atoms with van der Waals surface area (Å²) in [4.78, 5) is 0. The molecule has 1 aromatic carbocycles. The molecule has 0 aliphatic heterocycles. The van der Waals surface area contributed by atoms with Gasteiger partial charge in [-0.3, -0.25) is 0 Å². The maximum atomic E-state index is 5.83. The van der Waals surface area contributed by atoms with E-state index in [0.717, 1.165) is 16.9 Å². The Bertz CT molecular complexity index is 297. The van der Waals surface area contributed by atoms with Gasteiger partial charge in [-0.25, -0.2) is 0 Å². The van der Waals surface area contributed by atoms with Gasteiger partial charge in [-0.15, -0.1) is 0 Å². The van der Waals surface area contributed by atoms with Crippen molar-refractivity contribution in [3.8, 4) is 5.75 Å². The van der Waals surface area contributed by atoms with Crippen LogP contribution < -0.4 is 10.5 Å². The number of hydrogen-bond acceptors (Lipinski definition) is 3. The Hall–Kier alpha value is -1.06. The van der Waals surface area contributed by atoms with Gasteiger partial charge in [0.25, 0.3) is 0 Å². The van der Waals surface area contributed by atoms with Crippen molar-refractivity contribution in [3.05, 3.63) is 29.3 Å². The molecule has 3 heteroatoms. The van der Waals surface area contributed by atoms with E-state index in [1.54, 1.807) is 14.2 Å². The van der Waals surface area contributed by atoms with Crippen LogP contribution in [0.4, 0.5) is 0 Å². The summed E-state index contributed by atoms with van der Waals surface area (Å²) in [6.07, 6.45) is 0. The molecule has 1 atom stereocenters. The van der Waals surface area contributed by atoms with Crippen LogP contribution in [0.3, 0.4) is 0 Å². The molecule has 0 radical (unpaired) electrons. The third-order valence-electron chi connectivity index (χ3n) is 2.10. The largest absolute Gasteiger partial charge is 0.496 e. The van der Waals surface area contributed by atoms with Crippen LogP contribution in [0.2, 0.25) is 0 Å². The van der Waals surface area contributed by atoms with Crippen molar-refractivity contribution in [3.63, 3.8) is 0 Å². The predicted molar refractivity (Wildman–Crippen MR) is 56.3 cm³/mol. The molecule has 2 N–H and O–H groups in total. The molecule has 0 fully saturated rings. The van der Waals surface area contributed by atoms with Gasteiger partial charge in [0.2, 0.25) is 0 Å². The molecule has 0 saturated carbocycles. The zero-order chi connectivity index (χ0) is 10.6. The first-order chi connectivity index (χ1) is 6.69. The minimum atomic E-state index is -0.0262. The Labute approximate surface area is 84.8 Å². The van der Waals surface area contributed by atoms with Crippen LogP contribution in [0.1, 0.15) is 24.1 Å². The molecule has 1 aromatic rings. The molecule has 0 heterocycles. The summed E-state index contributed by atoms with van der Waals surface area (Å²) in [5.41, 5.74) is 7.96. The smallest absolute Gasteiger partial charge is 0.123 e. The number of benzene rings is 1. The van der Waals surface area contributed by atoms with Gasteiger partial charge in [0.15, 0.2) is 0 Å². The van der Waals surface area contributed by atoms with E-state index >= 15 is 0 Å². The summed E-state index contributed by atoms with van der Waals surface area (Å²) < 4.78 is 10.3. The molecule has 0 bridgehead atoms. The average molecular weight is 195 g/mol. The van der Waals surface area contributed by atoms with Crippen molar-refractivity contribution in [1.82, 2.24) is 0 Å². The Morgan fingerprint density at radius 3 is 2.57 bits per heavy atom. The minimum absolute atomic E-state index is 0.0262. The van der Waals surface area contributed by atoms with Gasteiger partial charge in [0.05, 0.1) is 13.7 Å². The standard InChI is InChI=1S/C11H17NO2/c1-8(12)10-6-9(7-13-2)4-5-11(10)14-3/h4-6,8H,7,12H2,1-3H3. The van der Waals surface area contributed by atoms with Crippen molar-refractivity contribution in [2.24, 2.45) is 5.73 Å². The van der Waals surface area contributed by atoms with Crippen molar-refractivity contribution < 1.29 is 9.47 Å². The molecule has 0 aromatic heterocycles. The molecule has 1 rings (SSSR count). The third kappa shape index (κ3) is 2.47. The summed E-state index contributed by atoms with van der Waals surface area (Å²) in [6.45, 7) is 2.54. The van der Waals surface area contributed by atoms with Crippen LogP contribution in [0.25, 0.3) is 0 Å². The quantitative estimate of drug-likeness (QED) is 0.797.